The van der Waals surface area contributed by atoms with E-state index in [4.69, 9.17) is 0 Å². The number of rotatable bonds is 5. The van der Waals surface area contributed by atoms with Gasteiger partial charge in [0.05, 0.1) is 11.1 Å². The standard InChI is InChI=1S/C64H46BN3/c1-41-17-16-22-46(35-41)67-59-36-42(2)29-33-57(59)65-58-34-30-43(3)37-60(58)68(62-40-48(39-61(67)63(62)65)66(44-18-6-4-7-19-44)45-20-8-5-9-21-45)47-31-32-56-52(38-47)51-25-12-15-28-55(51)64(56)53-26-13-10-23-49(53)50-24-11-14-27-54(50)64/h4-40H,1-3H3. The average molecular weight is 868 g/mol. The van der Waals surface area contributed by atoms with E-state index in [1.54, 1.807) is 0 Å². The van der Waals surface area contributed by atoms with Gasteiger partial charge in [0.25, 0.3) is 6.71 Å². The van der Waals surface area contributed by atoms with Crippen molar-refractivity contribution in [1.82, 2.24) is 0 Å². The van der Waals surface area contributed by atoms with E-state index in [-0.39, 0.29) is 6.71 Å². The summed E-state index contributed by atoms with van der Waals surface area (Å²) in [5.41, 5.74) is 28.2. The SMILES string of the molecule is Cc1cccc(N2c3cc(C)ccc3B3c4ccc(C)cc4N(c4ccc5c(c4)-c4ccccc4C54c5ccccc5-c5ccccc54)c4cc(N(c5ccccc5)c5ccccc5)cc2c43)c1. The molecule has 3 nitrogen and oxygen atoms in total. The number of hydrogen-bond donors (Lipinski definition) is 0. The molecule has 2 heterocycles. The largest absolute Gasteiger partial charge is 0.311 e. The van der Waals surface area contributed by atoms with Crippen molar-refractivity contribution < 1.29 is 0 Å². The molecule has 0 radical (unpaired) electrons. The molecule has 0 unspecified atom stereocenters. The van der Waals surface area contributed by atoms with Gasteiger partial charge in [-0.05, 0) is 171 Å². The third-order valence-electron chi connectivity index (χ3n) is 15.2. The monoisotopic (exact) mass is 867 g/mol. The van der Waals surface area contributed by atoms with E-state index >= 15 is 0 Å². The fraction of sp³-hybridized carbons (Fsp3) is 0.0625. The Labute approximate surface area is 398 Å². The summed E-state index contributed by atoms with van der Waals surface area (Å²) in [6, 6.07) is 84.5. The van der Waals surface area contributed by atoms with Gasteiger partial charge in [0.15, 0.2) is 0 Å². The summed E-state index contributed by atoms with van der Waals surface area (Å²) in [4.78, 5) is 7.55. The van der Waals surface area contributed by atoms with Gasteiger partial charge in [0.2, 0.25) is 0 Å². The molecule has 2 aliphatic carbocycles. The summed E-state index contributed by atoms with van der Waals surface area (Å²) in [6.07, 6.45) is 0. The average Bonchev–Trinajstić information content (AvgIpc) is 3.84. The van der Waals surface area contributed by atoms with Gasteiger partial charge in [-0.25, -0.2) is 0 Å². The molecule has 4 heteroatoms. The molecule has 68 heavy (non-hydrogen) atoms. The molecule has 0 fully saturated rings. The van der Waals surface area contributed by atoms with Crippen molar-refractivity contribution in [3.05, 3.63) is 263 Å². The van der Waals surface area contributed by atoms with Gasteiger partial charge in [-0.3, -0.25) is 0 Å². The maximum absolute atomic E-state index is 2.59. The highest BCUT2D eigenvalue weighted by Gasteiger charge is 2.52. The van der Waals surface area contributed by atoms with Crippen molar-refractivity contribution >= 4 is 74.3 Å². The Hall–Kier alpha value is -8.34. The number of benzene rings is 10. The second-order valence-electron chi connectivity index (χ2n) is 19.1. The molecule has 0 saturated carbocycles. The van der Waals surface area contributed by atoms with Crippen LogP contribution in [0, 0.1) is 20.8 Å². The molecule has 0 amide bonds. The van der Waals surface area contributed by atoms with Crippen LogP contribution in [0.4, 0.5) is 51.2 Å². The summed E-state index contributed by atoms with van der Waals surface area (Å²) in [5.74, 6) is 0. The van der Waals surface area contributed by atoms with Gasteiger partial charge in [0, 0.05) is 45.5 Å². The van der Waals surface area contributed by atoms with Crippen LogP contribution in [0.1, 0.15) is 38.9 Å². The number of fused-ring (bicyclic) bond motifs is 14. The van der Waals surface area contributed by atoms with E-state index in [1.165, 1.54) is 100 Å². The third-order valence-corrected chi connectivity index (χ3v) is 15.2. The first-order valence-electron chi connectivity index (χ1n) is 23.9. The highest BCUT2D eigenvalue weighted by Crippen LogP contribution is 2.63. The van der Waals surface area contributed by atoms with Crippen LogP contribution in [-0.2, 0) is 5.41 Å². The zero-order valence-electron chi connectivity index (χ0n) is 38.3. The van der Waals surface area contributed by atoms with Gasteiger partial charge >= 0.3 is 0 Å². The highest BCUT2D eigenvalue weighted by molar-refractivity contribution is 7.00. The Morgan fingerprint density at radius 1 is 0.338 bits per heavy atom. The minimum Gasteiger partial charge on any atom is -0.311 e. The van der Waals surface area contributed by atoms with Crippen LogP contribution in [0.5, 0.6) is 0 Å². The van der Waals surface area contributed by atoms with Crippen molar-refractivity contribution in [2.45, 2.75) is 26.2 Å². The van der Waals surface area contributed by atoms with Crippen molar-refractivity contribution in [3.8, 4) is 22.3 Å². The molecule has 10 aromatic rings. The molecule has 14 rings (SSSR count). The normalized spacial score (nSPS) is 13.8. The molecule has 2 aliphatic heterocycles. The smallest absolute Gasteiger partial charge is 0.252 e. The molecular weight excluding hydrogens is 822 g/mol. The van der Waals surface area contributed by atoms with Gasteiger partial charge in [-0.2, -0.15) is 0 Å². The van der Waals surface area contributed by atoms with E-state index in [1.807, 2.05) is 0 Å². The van der Waals surface area contributed by atoms with Crippen LogP contribution >= 0.6 is 0 Å². The third kappa shape index (κ3) is 5.37. The number of nitrogens with zero attached hydrogens (tertiary/aromatic N) is 3. The fourth-order valence-electron chi connectivity index (χ4n) is 12.5. The van der Waals surface area contributed by atoms with Crippen molar-refractivity contribution in [1.29, 1.82) is 0 Å². The van der Waals surface area contributed by atoms with E-state index in [0.717, 1.165) is 28.4 Å². The lowest BCUT2D eigenvalue weighted by molar-refractivity contribution is 0.794. The van der Waals surface area contributed by atoms with Gasteiger partial charge in [-0.15, -0.1) is 0 Å². The van der Waals surface area contributed by atoms with Crippen LogP contribution in [0.2, 0.25) is 0 Å². The first kappa shape index (κ1) is 38.9. The summed E-state index contributed by atoms with van der Waals surface area (Å²) in [6.45, 7) is 6.66. The first-order chi connectivity index (χ1) is 33.5. The summed E-state index contributed by atoms with van der Waals surface area (Å²) in [5, 5.41) is 0. The predicted molar refractivity (Wildman–Crippen MR) is 286 cm³/mol. The maximum Gasteiger partial charge on any atom is 0.252 e. The van der Waals surface area contributed by atoms with Gasteiger partial charge < -0.3 is 14.7 Å². The molecule has 0 N–H and O–H groups in total. The minimum atomic E-state index is -0.416. The second-order valence-corrected chi connectivity index (χ2v) is 19.1. The minimum absolute atomic E-state index is 0.00405. The molecule has 1 spiro atoms. The lowest BCUT2D eigenvalue weighted by Gasteiger charge is -2.45. The molecule has 10 aromatic carbocycles. The number of para-hydroxylation sites is 2. The summed E-state index contributed by atoms with van der Waals surface area (Å²) >= 11 is 0. The molecule has 4 aliphatic rings. The quantitative estimate of drug-likeness (QED) is 0.160. The first-order valence-corrected chi connectivity index (χ1v) is 23.9. The zero-order valence-corrected chi connectivity index (χ0v) is 38.3. The van der Waals surface area contributed by atoms with Crippen LogP contribution in [0.3, 0.4) is 0 Å². The number of anilines is 9. The molecule has 0 saturated heterocycles. The maximum atomic E-state index is 2.59. The summed E-state index contributed by atoms with van der Waals surface area (Å²) in [7, 11) is 0. The van der Waals surface area contributed by atoms with Crippen LogP contribution < -0.4 is 31.1 Å². The topological polar surface area (TPSA) is 9.72 Å². The molecular formula is C64H46BN3. The molecule has 320 valence electrons. The predicted octanol–water partition coefficient (Wildman–Crippen LogP) is 14.5. The van der Waals surface area contributed by atoms with E-state index < -0.39 is 5.41 Å². The van der Waals surface area contributed by atoms with E-state index in [9.17, 15) is 0 Å². The van der Waals surface area contributed by atoms with Crippen molar-refractivity contribution in [2.24, 2.45) is 0 Å². The lowest BCUT2D eigenvalue weighted by Crippen LogP contribution is -2.61. The van der Waals surface area contributed by atoms with Gasteiger partial charge in [-0.1, -0.05) is 152 Å². The van der Waals surface area contributed by atoms with Crippen molar-refractivity contribution in [3.63, 3.8) is 0 Å². The van der Waals surface area contributed by atoms with Crippen molar-refractivity contribution in [2.75, 3.05) is 14.7 Å². The Kier molecular flexibility index (Phi) is 8.34. The Bertz CT molecular complexity index is 3620. The number of aryl methyl sites for hydroxylation is 3. The lowest BCUT2D eigenvalue weighted by atomic mass is 9.33. The fourth-order valence-corrected chi connectivity index (χ4v) is 12.5. The summed E-state index contributed by atoms with van der Waals surface area (Å²) < 4.78 is 0. The van der Waals surface area contributed by atoms with Crippen LogP contribution in [-0.4, -0.2) is 6.71 Å². The number of hydrogen-bond acceptors (Lipinski definition) is 3. The van der Waals surface area contributed by atoms with Gasteiger partial charge in [0.1, 0.15) is 0 Å². The second kappa shape index (κ2) is 14.6. The molecule has 0 bridgehead atoms. The Morgan fingerprint density at radius 2 is 0.794 bits per heavy atom. The Balaban J connectivity index is 1.08. The van der Waals surface area contributed by atoms with Crippen LogP contribution in [0.25, 0.3) is 22.3 Å². The molecule has 0 atom stereocenters. The van der Waals surface area contributed by atoms with E-state index in [0.29, 0.717) is 0 Å². The van der Waals surface area contributed by atoms with E-state index in [2.05, 4.69) is 260 Å². The molecule has 0 aromatic heterocycles. The zero-order chi connectivity index (χ0) is 45.3. The highest BCUT2D eigenvalue weighted by atomic mass is 15.2. The van der Waals surface area contributed by atoms with Crippen LogP contribution in [0.15, 0.2) is 224 Å². The Morgan fingerprint density at radius 3 is 1.32 bits per heavy atom.